The molecule has 1 amide bonds. The number of nitrogens with one attached hydrogen (secondary N) is 2. The molecule has 0 saturated carbocycles. The van der Waals surface area contributed by atoms with Crippen molar-refractivity contribution in [1.82, 2.24) is 24.8 Å². The third-order valence-electron chi connectivity index (χ3n) is 6.17. The molecule has 7 nitrogen and oxygen atoms in total. The van der Waals surface area contributed by atoms with Crippen molar-refractivity contribution in [3.05, 3.63) is 114 Å². The second-order valence-corrected chi connectivity index (χ2v) is 8.91. The maximum Gasteiger partial charge on any atom is 0.226 e. The molecule has 2 atom stereocenters. The second-order valence-electron chi connectivity index (χ2n) is 8.52. The fourth-order valence-electron chi connectivity index (χ4n) is 4.49. The zero-order valence-corrected chi connectivity index (χ0v) is 20.2. The van der Waals surface area contributed by atoms with Crippen molar-refractivity contribution in [2.24, 2.45) is 0 Å². The molecule has 1 fully saturated rings. The standard InChI is InChI=1S/C27H25FN6OS/c28-20-8-1-2-9-21(20)31-24(35)12-16-34-26(25(32-27(34)36)22-10-3-4-14-30-22)23-11-6-15-33(23)18-19-7-5-13-29-17-19/h1-11,13-15,17,25-26H,12,16,18H2,(H,31,35)(H,32,36)/t25-,26-/m1/s1. The summed E-state index contributed by atoms with van der Waals surface area (Å²) in [6.45, 7) is 1.01. The van der Waals surface area contributed by atoms with Crippen LogP contribution in [0.25, 0.3) is 0 Å². The van der Waals surface area contributed by atoms with Gasteiger partial charge in [-0.2, -0.15) is 0 Å². The third-order valence-corrected chi connectivity index (χ3v) is 6.52. The van der Waals surface area contributed by atoms with E-state index in [0.717, 1.165) is 17.0 Å². The molecule has 3 aromatic heterocycles. The Bertz CT molecular complexity index is 1350. The summed E-state index contributed by atoms with van der Waals surface area (Å²) in [5.41, 5.74) is 3.14. The average molecular weight is 501 g/mol. The van der Waals surface area contributed by atoms with Gasteiger partial charge in [0.15, 0.2) is 5.11 Å². The van der Waals surface area contributed by atoms with Gasteiger partial charge >= 0.3 is 0 Å². The van der Waals surface area contributed by atoms with E-state index < -0.39 is 5.82 Å². The van der Waals surface area contributed by atoms with Crippen LogP contribution in [0, 0.1) is 5.82 Å². The minimum absolute atomic E-state index is 0.144. The van der Waals surface area contributed by atoms with Gasteiger partial charge in [0, 0.05) is 50.0 Å². The molecule has 2 N–H and O–H groups in total. The van der Waals surface area contributed by atoms with E-state index in [1.807, 2.05) is 53.7 Å². The molecule has 1 aliphatic rings. The van der Waals surface area contributed by atoms with Gasteiger partial charge in [-0.25, -0.2) is 4.39 Å². The zero-order chi connectivity index (χ0) is 24.9. The maximum absolute atomic E-state index is 14.0. The van der Waals surface area contributed by atoms with Crippen molar-refractivity contribution in [1.29, 1.82) is 0 Å². The number of carbonyl (C=O) groups excluding carboxylic acids is 1. The Kier molecular flexibility index (Phi) is 6.99. The molecule has 5 rings (SSSR count). The Morgan fingerprint density at radius 2 is 1.92 bits per heavy atom. The van der Waals surface area contributed by atoms with Crippen LogP contribution in [-0.4, -0.2) is 37.0 Å². The van der Waals surface area contributed by atoms with Gasteiger partial charge < -0.3 is 20.1 Å². The Hall–Kier alpha value is -4.11. The minimum Gasteiger partial charge on any atom is -0.352 e. The van der Waals surface area contributed by atoms with E-state index in [-0.39, 0.29) is 30.1 Å². The number of hydrogen-bond acceptors (Lipinski definition) is 4. The lowest BCUT2D eigenvalue weighted by molar-refractivity contribution is -0.116. The highest BCUT2D eigenvalue weighted by Crippen LogP contribution is 2.39. The summed E-state index contributed by atoms with van der Waals surface area (Å²) >= 11 is 5.72. The van der Waals surface area contributed by atoms with Gasteiger partial charge in [0.25, 0.3) is 0 Å². The average Bonchev–Trinajstić information content (AvgIpc) is 3.48. The summed E-state index contributed by atoms with van der Waals surface area (Å²) in [5, 5.41) is 6.61. The summed E-state index contributed by atoms with van der Waals surface area (Å²) in [6, 6.07) is 19.6. The summed E-state index contributed by atoms with van der Waals surface area (Å²) in [5.74, 6) is -0.751. The van der Waals surface area contributed by atoms with Crippen LogP contribution in [0.1, 0.15) is 35.5 Å². The smallest absolute Gasteiger partial charge is 0.226 e. The molecular formula is C27H25FN6OS. The lowest BCUT2D eigenvalue weighted by atomic mass is 10.0. The molecule has 182 valence electrons. The molecule has 0 aliphatic carbocycles. The van der Waals surface area contributed by atoms with Crippen LogP contribution in [0.5, 0.6) is 0 Å². The van der Waals surface area contributed by atoms with Crippen LogP contribution < -0.4 is 10.6 Å². The van der Waals surface area contributed by atoms with Crippen LogP contribution in [0.3, 0.4) is 0 Å². The molecule has 1 aromatic carbocycles. The number of halogens is 1. The van der Waals surface area contributed by atoms with E-state index in [2.05, 4.69) is 31.2 Å². The summed E-state index contributed by atoms with van der Waals surface area (Å²) in [4.78, 5) is 23.5. The van der Waals surface area contributed by atoms with Crippen LogP contribution in [0.4, 0.5) is 10.1 Å². The first-order valence-electron chi connectivity index (χ1n) is 11.7. The second kappa shape index (κ2) is 10.7. The normalized spacial score (nSPS) is 17.1. The molecule has 0 unspecified atom stereocenters. The first kappa shape index (κ1) is 23.6. The third kappa shape index (κ3) is 5.11. The quantitative estimate of drug-likeness (QED) is 0.348. The highest BCUT2D eigenvalue weighted by Gasteiger charge is 2.41. The molecule has 9 heteroatoms. The molecule has 0 radical (unpaired) electrons. The van der Waals surface area contributed by atoms with Gasteiger partial charge in [0.2, 0.25) is 5.91 Å². The molecule has 0 bridgehead atoms. The van der Waals surface area contributed by atoms with E-state index in [1.165, 1.54) is 6.07 Å². The predicted octanol–water partition coefficient (Wildman–Crippen LogP) is 4.47. The predicted molar refractivity (Wildman–Crippen MR) is 140 cm³/mol. The molecular weight excluding hydrogens is 475 g/mol. The summed E-state index contributed by atoms with van der Waals surface area (Å²) in [7, 11) is 0. The number of aromatic nitrogens is 3. The van der Waals surface area contributed by atoms with E-state index >= 15 is 0 Å². The fourth-order valence-corrected chi connectivity index (χ4v) is 4.83. The van der Waals surface area contributed by atoms with Crippen LogP contribution in [0.2, 0.25) is 0 Å². The number of hydrogen-bond donors (Lipinski definition) is 2. The fraction of sp³-hybridized carbons (Fsp3) is 0.185. The molecule has 1 aliphatic heterocycles. The van der Waals surface area contributed by atoms with Gasteiger partial charge in [-0.1, -0.05) is 24.3 Å². The lowest BCUT2D eigenvalue weighted by Gasteiger charge is -2.29. The summed E-state index contributed by atoms with van der Waals surface area (Å²) in [6.07, 6.45) is 7.54. The Balaban J connectivity index is 1.40. The monoisotopic (exact) mass is 500 g/mol. The molecule has 4 heterocycles. The van der Waals surface area contributed by atoms with E-state index in [9.17, 15) is 9.18 Å². The summed E-state index contributed by atoms with van der Waals surface area (Å²) < 4.78 is 16.2. The van der Waals surface area contributed by atoms with Crippen LogP contribution in [0.15, 0.2) is 91.5 Å². The number of carbonyl (C=O) groups is 1. The van der Waals surface area contributed by atoms with Crippen molar-refractivity contribution in [3.63, 3.8) is 0 Å². The van der Waals surface area contributed by atoms with Gasteiger partial charge in [-0.3, -0.25) is 14.8 Å². The number of thiocarbonyl (C=S) groups is 1. The van der Waals surface area contributed by atoms with Crippen LogP contribution in [-0.2, 0) is 11.3 Å². The number of benzene rings is 1. The van der Waals surface area contributed by atoms with E-state index in [1.54, 1.807) is 30.6 Å². The van der Waals surface area contributed by atoms with E-state index in [4.69, 9.17) is 12.2 Å². The molecule has 1 saturated heterocycles. The number of rotatable bonds is 8. The number of amides is 1. The van der Waals surface area contributed by atoms with Crippen molar-refractivity contribution >= 4 is 28.9 Å². The van der Waals surface area contributed by atoms with Gasteiger partial charge in [0.05, 0.1) is 23.5 Å². The Labute approximate surface area is 214 Å². The first-order chi connectivity index (χ1) is 17.6. The van der Waals surface area contributed by atoms with Crippen LogP contribution >= 0.6 is 12.2 Å². The highest BCUT2D eigenvalue weighted by atomic mass is 32.1. The number of para-hydroxylation sites is 1. The SMILES string of the molecule is O=C(CCN1C(=S)N[C@H](c2ccccn2)[C@H]1c1cccn1Cc1cccnc1)Nc1ccccc1F. The number of anilines is 1. The molecule has 36 heavy (non-hydrogen) atoms. The van der Waals surface area contributed by atoms with Gasteiger partial charge in [0.1, 0.15) is 5.82 Å². The van der Waals surface area contributed by atoms with Crippen molar-refractivity contribution in [3.8, 4) is 0 Å². The number of nitrogens with zero attached hydrogens (tertiary/aromatic N) is 4. The first-order valence-corrected chi connectivity index (χ1v) is 12.1. The Morgan fingerprint density at radius 3 is 2.69 bits per heavy atom. The van der Waals surface area contributed by atoms with Gasteiger partial charge in [-0.15, -0.1) is 0 Å². The molecule has 0 spiro atoms. The Morgan fingerprint density at radius 1 is 1.06 bits per heavy atom. The highest BCUT2D eigenvalue weighted by molar-refractivity contribution is 7.80. The number of pyridine rings is 2. The molecule has 4 aromatic rings. The van der Waals surface area contributed by atoms with E-state index in [0.29, 0.717) is 18.2 Å². The van der Waals surface area contributed by atoms with Gasteiger partial charge in [-0.05, 0) is 60.2 Å². The van der Waals surface area contributed by atoms with Crippen molar-refractivity contribution in [2.75, 3.05) is 11.9 Å². The maximum atomic E-state index is 14.0. The largest absolute Gasteiger partial charge is 0.352 e. The van der Waals surface area contributed by atoms with Crippen molar-refractivity contribution < 1.29 is 9.18 Å². The van der Waals surface area contributed by atoms with Crippen molar-refractivity contribution in [2.45, 2.75) is 25.0 Å². The lowest BCUT2D eigenvalue weighted by Crippen LogP contribution is -2.33. The topological polar surface area (TPSA) is 75.1 Å². The minimum atomic E-state index is -0.467. The zero-order valence-electron chi connectivity index (χ0n) is 19.4.